The quantitative estimate of drug-likeness (QED) is 0.534. The second-order valence-corrected chi connectivity index (χ2v) is 6.64. The Bertz CT molecular complexity index is 1030. The summed E-state index contributed by atoms with van der Waals surface area (Å²) in [7, 11) is 0. The molecule has 2 aromatic carbocycles. The largest absolute Gasteiger partial charge is 0.475 e. The molecule has 0 radical (unpaired) electrons. The number of esters is 1. The van der Waals surface area contributed by atoms with Gasteiger partial charge >= 0.3 is 11.9 Å². The molecule has 0 spiro atoms. The lowest BCUT2D eigenvalue weighted by molar-refractivity contribution is -0.151. The van der Waals surface area contributed by atoms with E-state index < -0.39 is 34.7 Å². The molecule has 1 aliphatic heterocycles. The van der Waals surface area contributed by atoms with Crippen molar-refractivity contribution >= 4 is 35.0 Å². The lowest BCUT2D eigenvalue weighted by atomic mass is 9.88. The number of hydrogen-bond acceptors (Lipinski definition) is 6. The molecule has 3 rings (SSSR count). The van der Waals surface area contributed by atoms with Crippen molar-refractivity contribution in [3.05, 3.63) is 71.9 Å². The Morgan fingerprint density at radius 3 is 2.13 bits per heavy atom. The van der Waals surface area contributed by atoms with E-state index in [9.17, 15) is 24.3 Å². The summed E-state index contributed by atoms with van der Waals surface area (Å²) in [6, 6.07) is 16.7. The minimum atomic E-state index is -1.97. The maximum atomic E-state index is 13.4. The van der Waals surface area contributed by atoms with E-state index in [4.69, 9.17) is 4.74 Å². The van der Waals surface area contributed by atoms with Gasteiger partial charge in [-0.2, -0.15) is 0 Å². The van der Waals surface area contributed by atoms with Gasteiger partial charge in [0.25, 0.3) is 11.7 Å². The van der Waals surface area contributed by atoms with Crippen LogP contribution in [0.2, 0.25) is 0 Å². The van der Waals surface area contributed by atoms with E-state index in [0.717, 1.165) is 4.90 Å². The Kier molecular flexibility index (Phi) is 5.68. The number of ether oxygens (including phenoxy) is 1. The summed E-state index contributed by atoms with van der Waals surface area (Å²) in [4.78, 5) is 51.8. The Morgan fingerprint density at radius 1 is 1.03 bits per heavy atom. The number of para-hydroxylation sites is 2. The van der Waals surface area contributed by atoms with Gasteiger partial charge in [0.2, 0.25) is 0 Å². The van der Waals surface area contributed by atoms with E-state index in [1.54, 1.807) is 67.6 Å². The Labute approximate surface area is 172 Å². The molecule has 1 unspecified atom stereocenters. The van der Waals surface area contributed by atoms with Crippen molar-refractivity contribution in [3.63, 3.8) is 0 Å². The number of carbonyl (C=O) groups excluding carboxylic acids is 3. The smallest absolute Gasteiger partial charge is 0.377 e. The fourth-order valence-corrected chi connectivity index (χ4v) is 3.42. The van der Waals surface area contributed by atoms with Crippen LogP contribution in [0, 0.1) is 0 Å². The van der Waals surface area contributed by atoms with Crippen LogP contribution in [0.15, 0.2) is 71.9 Å². The Morgan fingerprint density at radius 2 is 1.60 bits per heavy atom. The van der Waals surface area contributed by atoms with Crippen LogP contribution in [0.25, 0.3) is 0 Å². The predicted molar refractivity (Wildman–Crippen MR) is 109 cm³/mol. The third-order valence-corrected chi connectivity index (χ3v) is 4.75. The van der Waals surface area contributed by atoms with Gasteiger partial charge in [0.05, 0.1) is 12.2 Å². The summed E-state index contributed by atoms with van der Waals surface area (Å²) < 4.78 is 5.15. The number of nitrogens with zero attached hydrogens (tertiary/aromatic N) is 1. The third kappa shape index (κ3) is 3.43. The molecule has 0 aliphatic carbocycles. The molecule has 1 aliphatic rings. The molecule has 8 nitrogen and oxygen atoms in total. The highest BCUT2D eigenvalue weighted by atomic mass is 16.5. The molecule has 30 heavy (non-hydrogen) atoms. The van der Waals surface area contributed by atoms with Crippen LogP contribution in [0.1, 0.15) is 13.8 Å². The van der Waals surface area contributed by atoms with Crippen LogP contribution in [0.3, 0.4) is 0 Å². The van der Waals surface area contributed by atoms with Gasteiger partial charge in [-0.3, -0.25) is 14.5 Å². The van der Waals surface area contributed by atoms with Crippen molar-refractivity contribution in [1.29, 1.82) is 0 Å². The van der Waals surface area contributed by atoms with Crippen LogP contribution in [0.4, 0.5) is 11.4 Å². The molecule has 0 aromatic heterocycles. The first-order valence-corrected chi connectivity index (χ1v) is 9.23. The number of benzene rings is 2. The van der Waals surface area contributed by atoms with E-state index in [0.29, 0.717) is 11.4 Å². The zero-order chi connectivity index (χ0) is 21.9. The first-order chi connectivity index (χ1) is 14.3. The van der Waals surface area contributed by atoms with E-state index in [1.807, 2.05) is 0 Å². The maximum absolute atomic E-state index is 13.4. The van der Waals surface area contributed by atoms with Gasteiger partial charge in [0.15, 0.2) is 5.54 Å². The van der Waals surface area contributed by atoms with Gasteiger partial charge in [0, 0.05) is 11.4 Å². The van der Waals surface area contributed by atoms with Crippen molar-refractivity contribution in [3.8, 4) is 0 Å². The van der Waals surface area contributed by atoms with Crippen molar-refractivity contribution in [2.75, 3.05) is 16.8 Å². The van der Waals surface area contributed by atoms with E-state index in [2.05, 4.69) is 5.32 Å². The highest BCUT2D eigenvalue weighted by Gasteiger charge is 2.58. The number of rotatable bonds is 7. The van der Waals surface area contributed by atoms with Crippen LogP contribution < -0.4 is 10.2 Å². The number of ketones is 1. The molecular weight excluding hydrogens is 388 g/mol. The second-order valence-electron chi connectivity index (χ2n) is 6.64. The van der Waals surface area contributed by atoms with Crippen molar-refractivity contribution in [2.45, 2.75) is 19.4 Å². The lowest BCUT2D eigenvalue weighted by Gasteiger charge is -2.34. The van der Waals surface area contributed by atoms with Crippen LogP contribution in [0.5, 0.6) is 0 Å². The first kappa shape index (κ1) is 20.8. The van der Waals surface area contributed by atoms with Gasteiger partial charge in [-0.15, -0.1) is 0 Å². The minimum Gasteiger partial charge on any atom is -0.475 e. The van der Waals surface area contributed by atoms with Gasteiger partial charge in [-0.1, -0.05) is 36.4 Å². The predicted octanol–water partition coefficient (Wildman–Crippen LogP) is 2.37. The number of anilines is 2. The fraction of sp³-hybridized carbons (Fsp3) is 0.182. The Hall–Kier alpha value is -3.94. The number of aliphatic carboxylic acids is 1. The number of carboxylic acid groups (broad SMARTS) is 1. The van der Waals surface area contributed by atoms with Gasteiger partial charge in [-0.05, 0) is 38.1 Å². The number of hydrogen-bond donors (Lipinski definition) is 2. The normalized spacial score (nSPS) is 18.3. The SMILES string of the molecule is CCOC(=O)C1(C)C(C(=O)C(=O)O)=C(Nc2ccccc2)C(=O)N1c1ccccc1. The van der Waals surface area contributed by atoms with Gasteiger partial charge in [-0.25, -0.2) is 9.59 Å². The molecule has 0 fully saturated rings. The highest BCUT2D eigenvalue weighted by molar-refractivity contribution is 6.44. The molecule has 154 valence electrons. The summed E-state index contributed by atoms with van der Waals surface area (Å²) in [6.07, 6.45) is 0. The standard InChI is InChI=1S/C22H20N2O6/c1-3-30-21(29)22(2)16(18(25)20(27)28)17(23-14-10-6-4-7-11-14)19(26)24(22)15-12-8-5-9-13-15/h4-13,23H,3H2,1-2H3,(H,27,28). The molecular formula is C22H20N2O6. The molecule has 1 heterocycles. The number of amides is 1. The maximum Gasteiger partial charge on any atom is 0.377 e. The molecule has 2 N–H and O–H groups in total. The van der Waals surface area contributed by atoms with Gasteiger partial charge in [0.1, 0.15) is 5.70 Å². The zero-order valence-electron chi connectivity index (χ0n) is 16.4. The molecule has 1 amide bonds. The van der Waals surface area contributed by atoms with Crippen LogP contribution >= 0.6 is 0 Å². The number of carboxylic acids is 1. The average Bonchev–Trinajstić information content (AvgIpc) is 2.96. The first-order valence-electron chi connectivity index (χ1n) is 9.23. The second kappa shape index (κ2) is 8.20. The van der Waals surface area contributed by atoms with Crippen molar-refractivity contribution in [1.82, 2.24) is 0 Å². The highest BCUT2D eigenvalue weighted by Crippen LogP contribution is 2.41. The van der Waals surface area contributed by atoms with E-state index >= 15 is 0 Å². The molecule has 1 atom stereocenters. The summed E-state index contributed by atoms with van der Waals surface area (Å²) in [5.41, 5.74) is -1.96. The zero-order valence-corrected chi connectivity index (χ0v) is 16.4. The minimum absolute atomic E-state index is 0.0127. The summed E-state index contributed by atoms with van der Waals surface area (Å²) >= 11 is 0. The fourth-order valence-electron chi connectivity index (χ4n) is 3.42. The van der Waals surface area contributed by atoms with Crippen LogP contribution in [-0.2, 0) is 23.9 Å². The average molecular weight is 408 g/mol. The summed E-state index contributed by atoms with van der Waals surface area (Å²) in [5.74, 6) is -4.77. The lowest BCUT2D eigenvalue weighted by Crippen LogP contribution is -2.55. The van der Waals surface area contributed by atoms with Crippen molar-refractivity contribution in [2.24, 2.45) is 0 Å². The molecule has 0 saturated heterocycles. The molecule has 0 saturated carbocycles. The van der Waals surface area contributed by atoms with Gasteiger partial charge < -0.3 is 15.2 Å². The number of nitrogens with one attached hydrogen (secondary N) is 1. The Balaban J connectivity index is 2.26. The van der Waals surface area contributed by atoms with Crippen LogP contribution in [-0.4, -0.2) is 40.9 Å². The van der Waals surface area contributed by atoms with E-state index in [1.165, 1.54) is 6.92 Å². The van der Waals surface area contributed by atoms with E-state index in [-0.39, 0.29) is 12.3 Å². The summed E-state index contributed by atoms with van der Waals surface area (Å²) in [6.45, 7) is 2.88. The number of Topliss-reactive ketones (excluding diaryl/α,β-unsaturated/α-hetero) is 1. The molecule has 2 aromatic rings. The third-order valence-electron chi connectivity index (χ3n) is 4.75. The monoisotopic (exact) mass is 408 g/mol. The molecule has 0 bridgehead atoms. The van der Waals surface area contributed by atoms with Crippen molar-refractivity contribution < 1.29 is 29.0 Å². The molecule has 8 heteroatoms. The summed E-state index contributed by atoms with van der Waals surface area (Å²) in [5, 5.41) is 12.2. The topological polar surface area (TPSA) is 113 Å². The number of carbonyl (C=O) groups is 4.